The molecule has 5 nitrogen and oxygen atoms in total. The van der Waals surface area contributed by atoms with Gasteiger partial charge in [-0.25, -0.2) is 4.98 Å². The summed E-state index contributed by atoms with van der Waals surface area (Å²) in [7, 11) is 1.84. The third kappa shape index (κ3) is 1.62. The van der Waals surface area contributed by atoms with E-state index in [0.717, 1.165) is 22.5 Å². The first-order valence-corrected chi connectivity index (χ1v) is 6.41. The Bertz CT molecular complexity index is 861. The first-order valence-electron chi connectivity index (χ1n) is 6.41. The number of rotatable bonds is 1. The summed E-state index contributed by atoms with van der Waals surface area (Å²) in [6.45, 7) is 5.99. The van der Waals surface area contributed by atoms with E-state index in [1.54, 1.807) is 11.0 Å². The molecule has 0 atom stereocenters. The maximum absolute atomic E-state index is 9.35. The monoisotopic (exact) mass is 265 g/mol. The zero-order valence-corrected chi connectivity index (χ0v) is 12.0. The summed E-state index contributed by atoms with van der Waals surface area (Å²) >= 11 is 0. The lowest BCUT2D eigenvalue weighted by atomic mass is 10.1. The molecule has 0 fully saturated rings. The van der Waals surface area contributed by atoms with E-state index in [4.69, 9.17) is 0 Å². The van der Waals surface area contributed by atoms with Gasteiger partial charge in [0.05, 0.1) is 16.7 Å². The summed E-state index contributed by atoms with van der Waals surface area (Å²) in [6.07, 6.45) is 1.75. The van der Waals surface area contributed by atoms with Gasteiger partial charge in [0, 0.05) is 7.05 Å². The molecule has 100 valence electrons. The van der Waals surface area contributed by atoms with Gasteiger partial charge < -0.3 is 0 Å². The number of hydrogen-bond donors (Lipinski definition) is 0. The maximum atomic E-state index is 9.35. The highest BCUT2D eigenvalue weighted by molar-refractivity contribution is 5.79. The molecule has 0 bridgehead atoms. The molecule has 5 heteroatoms. The lowest BCUT2D eigenvalue weighted by Gasteiger charge is -2.06. The minimum absolute atomic E-state index is 0.588. The van der Waals surface area contributed by atoms with Crippen LogP contribution in [-0.2, 0) is 7.05 Å². The van der Waals surface area contributed by atoms with Crippen molar-refractivity contribution in [1.29, 1.82) is 5.26 Å². The van der Waals surface area contributed by atoms with Gasteiger partial charge in [-0.3, -0.25) is 9.25 Å². The predicted molar refractivity (Wildman–Crippen MR) is 76.8 cm³/mol. The number of nitrogens with zero attached hydrogens (tertiary/aromatic N) is 5. The van der Waals surface area contributed by atoms with Crippen molar-refractivity contribution in [3.63, 3.8) is 0 Å². The Morgan fingerprint density at radius 3 is 2.55 bits per heavy atom. The first-order chi connectivity index (χ1) is 9.52. The van der Waals surface area contributed by atoms with Gasteiger partial charge in [-0.15, -0.1) is 0 Å². The van der Waals surface area contributed by atoms with Crippen LogP contribution in [0.4, 0.5) is 0 Å². The second-order valence-electron chi connectivity index (χ2n) is 5.06. The molecule has 0 amide bonds. The number of nitriles is 1. The molecule has 0 unspecified atom stereocenters. The molecule has 0 aliphatic rings. The number of imidazole rings is 1. The van der Waals surface area contributed by atoms with Crippen LogP contribution in [0.15, 0.2) is 18.5 Å². The number of aromatic nitrogens is 4. The molecule has 0 N–H and O–H groups in total. The summed E-state index contributed by atoms with van der Waals surface area (Å²) in [5, 5.41) is 13.7. The zero-order valence-electron chi connectivity index (χ0n) is 12.0. The average Bonchev–Trinajstić information content (AvgIpc) is 2.90. The van der Waals surface area contributed by atoms with Crippen molar-refractivity contribution in [2.45, 2.75) is 20.8 Å². The van der Waals surface area contributed by atoms with Crippen LogP contribution in [0, 0.1) is 32.1 Å². The molecule has 2 aromatic heterocycles. The van der Waals surface area contributed by atoms with Crippen molar-refractivity contribution in [1.82, 2.24) is 19.3 Å². The number of hydrogen-bond acceptors (Lipinski definition) is 3. The standard InChI is InChI=1S/C15H15N5/c1-9-5-13-14(6-10(9)2)20(8-17-13)15-12(7-16)11(3)18-19(15)4/h5-6,8H,1-4H3. The molecule has 0 radical (unpaired) electrons. The van der Waals surface area contributed by atoms with Crippen LogP contribution in [0.3, 0.4) is 0 Å². The number of benzene rings is 1. The lowest BCUT2D eigenvalue weighted by Crippen LogP contribution is -2.03. The molecule has 0 spiro atoms. The molecule has 0 saturated carbocycles. The largest absolute Gasteiger partial charge is 0.282 e. The summed E-state index contributed by atoms with van der Waals surface area (Å²) < 4.78 is 3.66. The van der Waals surface area contributed by atoms with Gasteiger partial charge in [-0.2, -0.15) is 10.4 Å². The van der Waals surface area contributed by atoms with E-state index >= 15 is 0 Å². The topological polar surface area (TPSA) is 59.4 Å². The maximum Gasteiger partial charge on any atom is 0.154 e. The van der Waals surface area contributed by atoms with Gasteiger partial charge in [0.2, 0.25) is 0 Å². The van der Waals surface area contributed by atoms with Crippen LogP contribution in [-0.4, -0.2) is 19.3 Å². The van der Waals surface area contributed by atoms with E-state index in [2.05, 4.69) is 42.1 Å². The van der Waals surface area contributed by atoms with E-state index in [1.807, 2.05) is 18.5 Å². The Hall–Kier alpha value is -2.61. The van der Waals surface area contributed by atoms with Crippen LogP contribution >= 0.6 is 0 Å². The van der Waals surface area contributed by atoms with Crippen molar-refractivity contribution >= 4 is 11.0 Å². The van der Waals surface area contributed by atoms with Gasteiger partial charge >= 0.3 is 0 Å². The van der Waals surface area contributed by atoms with Crippen molar-refractivity contribution in [3.05, 3.63) is 40.8 Å². The number of aryl methyl sites for hydroxylation is 4. The zero-order chi connectivity index (χ0) is 14.4. The van der Waals surface area contributed by atoms with Crippen molar-refractivity contribution < 1.29 is 0 Å². The van der Waals surface area contributed by atoms with Gasteiger partial charge in [0.1, 0.15) is 18.0 Å². The normalized spacial score (nSPS) is 10.9. The highest BCUT2D eigenvalue weighted by Crippen LogP contribution is 2.24. The Balaban J connectivity index is 2.37. The molecular formula is C15H15N5. The Morgan fingerprint density at radius 1 is 1.15 bits per heavy atom. The van der Waals surface area contributed by atoms with Crippen LogP contribution in [0.2, 0.25) is 0 Å². The van der Waals surface area contributed by atoms with Gasteiger partial charge in [-0.05, 0) is 44.0 Å². The third-order valence-corrected chi connectivity index (χ3v) is 3.69. The molecule has 0 aliphatic carbocycles. The van der Waals surface area contributed by atoms with Crippen LogP contribution in [0.1, 0.15) is 22.4 Å². The van der Waals surface area contributed by atoms with E-state index < -0.39 is 0 Å². The molecule has 0 aliphatic heterocycles. The quantitative estimate of drug-likeness (QED) is 0.679. The third-order valence-electron chi connectivity index (χ3n) is 3.69. The Kier molecular flexibility index (Phi) is 2.61. The van der Waals surface area contributed by atoms with Crippen molar-refractivity contribution in [2.24, 2.45) is 7.05 Å². The molecule has 2 heterocycles. The molecule has 3 aromatic rings. The fourth-order valence-electron chi connectivity index (χ4n) is 2.49. The van der Waals surface area contributed by atoms with Crippen LogP contribution < -0.4 is 0 Å². The smallest absolute Gasteiger partial charge is 0.154 e. The molecule has 1 aromatic carbocycles. The fourth-order valence-corrected chi connectivity index (χ4v) is 2.49. The molecule has 0 saturated heterocycles. The minimum atomic E-state index is 0.588. The summed E-state index contributed by atoms with van der Waals surface area (Å²) in [4.78, 5) is 4.44. The first kappa shape index (κ1) is 12.4. The molecule has 20 heavy (non-hydrogen) atoms. The van der Waals surface area contributed by atoms with E-state index in [0.29, 0.717) is 5.56 Å². The second kappa shape index (κ2) is 4.20. The van der Waals surface area contributed by atoms with Crippen LogP contribution in [0.25, 0.3) is 16.9 Å². The lowest BCUT2D eigenvalue weighted by molar-refractivity contribution is 0.726. The summed E-state index contributed by atoms with van der Waals surface area (Å²) in [5.41, 5.74) is 5.66. The van der Waals surface area contributed by atoms with Gasteiger partial charge in [0.25, 0.3) is 0 Å². The Labute approximate surface area is 117 Å². The van der Waals surface area contributed by atoms with E-state index in [1.165, 1.54) is 11.1 Å². The molecule has 3 rings (SSSR count). The highest BCUT2D eigenvalue weighted by atomic mass is 15.3. The fraction of sp³-hybridized carbons (Fsp3) is 0.267. The van der Waals surface area contributed by atoms with Gasteiger partial charge in [0.15, 0.2) is 5.82 Å². The van der Waals surface area contributed by atoms with E-state index in [-0.39, 0.29) is 0 Å². The van der Waals surface area contributed by atoms with Crippen molar-refractivity contribution in [3.8, 4) is 11.9 Å². The average molecular weight is 265 g/mol. The minimum Gasteiger partial charge on any atom is -0.282 e. The summed E-state index contributed by atoms with van der Waals surface area (Å²) in [5.74, 6) is 0.760. The SMILES string of the molecule is Cc1cc2ncn(-c3c(C#N)c(C)nn3C)c2cc1C. The van der Waals surface area contributed by atoms with E-state index in [9.17, 15) is 5.26 Å². The van der Waals surface area contributed by atoms with Crippen LogP contribution in [0.5, 0.6) is 0 Å². The summed E-state index contributed by atoms with van der Waals surface area (Å²) in [6, 6.07) is 6.40. The second-order valence-corrected chi connectivity index (χ2v) is 5.06. The highest BCUT2D eigenvalue weighted by Gasteiger charge is 2.17. The Morgan fingerprint density at radius 2 is 1.85 bits per heavy atom. The predicted octanol–water partition coefficient (Wildman–Crippen LogP) is 2.56. The number of fused-ring (bicyclic) bond motifs is 1. The van der Waals surface area contributed by atoms with Gasteiger partial charge in [-0.1, -0.05) is 0 Å². The molecular weight excluding hydrogens is 250 g/mol. The van der Waals surface area contributed by atoms with Crippen molar-refractivity contribution in [2.75, 3.05) is 0 Å².